The fraction of sp³-hybridized carbons (Fsp3) is 0.222. The highest BCUT2D eigenvalue weighted by molar-refractivity contribution is 6.30. The molecule has 72 valence electrons. The normalized spacial score (nSPS) is 11.5. The Bertz CT molecular complexity index is 369. The van der Waals surface area contributed by atoms with Crippen LogP contribution in [-0.4, -0.2) is 13.1 Å². The van der Waals surface area contributed by atoms with Crippen LogP contribution in [-0.2, 0) is 9.53 Å². The van der Waals surface area contributed by atoms with E-state index in [9.17, 15) is 4.79 Å². The molecule has 0 N–H and O–H groups in total. The van der Waals surface area contributed by atoms with Crippen LogP contribution in [0.15, 0.2) is 24.3 Å². The predicted octanol–water partition coefficient (Wildman–Crippen LogP) is 2.41. The third-order valence-corrected chi connectivity index (χ3v) is 1.98. The molecule has 1 aromatic carbocycles. The number of diazo groups is 1. The highest BCUT2D eigenvalue weighted by Gasteiger charge is 2.33. The van der Waals surface area contributed by atoms with Gasteiger partial charge in [-0.2, -0.15) is 0 Å². The first-order valence-electron chi connectivity index (χ1n) is 3.86. The highest BCUT2D eigenvalue weighted by atomic mass is 35.5. The number of nitrogens with zero attached hydrogens (tertiary/aromatic N) is 2. The van der Waals surface area contributed by atoms with E-state index in [1.54, 1.807) is 24.3 Å². The fourth-order valence-electron chi connectivity index (χ4n) is 1.01. The average molecular weight is 212 g/mol. The number of hydrogen-bond acceptors (Lipinski definition) is 3. The van der Waals surface area contributed by atoms with Gasteiger partial charge in [0.1, 0.15) is 4.98 Å². The molecule has 0 saturated carbocycles. The molecule has 1 atom stereocenters. The van der Waals surface area contributed by atoms with E-state index in [0.29, 0.717) is 10.6 Å². The molecule has 0 aliphatic carbocycles. The van der Waals surface area contributed by atoms with Crippen molar-refractivity contribution in [3.8, 4) is 0 Å². The first-order valence-corrected chi connectivity index (χ1v) is 4.24. The van der Waals surface area contributed by atoms with E-state index in [0.717, 1.165) is 0 Å². The van der Waals surface area contributed by atoms with Gasteiger partial charge in [0.05, 0.1) is 12.7 Å². The first kappa shape index (κ1) is 10.5. The van der Waals surface area contributed by atoms with Crippen LogP contribution in [0.25, 0.3) is 4.98 Å². The molecule has 0 saturated heterocycles. The molecule has 1 unspecified atom stereocenters. The van der Waals surface area contributed by atoms with Crippen molar-refractivity contribution in [3.63, 3.8) is 0 Å². The van der Waals surface area contributed by atoms with Crippen molar-refractivity contribution >= 4 is 17.6 Å². The summed E-state index contributed by atoms with van der Waals surface area (Å²) in [6, 6.07) is 5.42. The van der Waals surface area contributed by atoms with Crippen molar-refractivity contribution in [2.75, 3.05) is 7.11 Å². The lowest BCUT2D eigenvalue weighted by Gasteiger charge is -1.98. The summed E-state index contributed by atoms with van der Waals surface area (Å²) in [5.74, 6) is -0.616. The van der Waals surface area contributed by atoms with Crippen LogP contribution >= 0.6 is 11.6 Å². The zero-order valence-corrected chi connectivity index (χ0v) is 8.23. The standard InChI is InChI=1S/C9H8ClN2O2/c1-14-9(13)8(12-11)6-2-4-7(10)5-3-6/h2-5,8H,1H3/q+1. The van der Waals surface area contributed by atoms with E-state index in [1.807, 2.05) is 0 Å². The lowest BCUT2D eigenvalue weighted by molar-refractivity contribution is -0.141. The van der Waals surface area contributed by atoms with Crippen LogP contribution in [0.4, 0.5) is 0 Å². The van der Waals surface area contributed by atoms with E-state index in [2.05, 4.69) is 9.71 Å². The zero-order chi connectivity index (χ0) is 10.6. The van der Waals surface area contributed by atoms with Crippen LogP contribution < -0.4 is 0 Å². The number of methoxy groups -OCH3 is 1. The van der Waals surface area contributed by atoms with Gasteiger partial charge in [-0.15, -0.1) is 0 Å². The summed E-state index contributed by atoms with van der Waals surface area (Å²) in [7, 11) is 1.23. The van der Waals surface area contributed by atoms with Crippen molar-refractivity contribution in [2.24, 2.45) is 0 Å². The first-order chi connectivity index (χ1) is 6.69. The summed E-state index contributed by atoms with van der Waals surface area (Å²) in [5.41, 5.74) is 0.531. The van der Waals surface area contributed by atoms with Gasteiger partial charge in [-0.1, -0.05) is 11.6 Å². The molecule has 0 fully saturated rings. The number of carbonyl (C=O) groups excluding carboxylic acids is 1. The van der Waals surface area contributed by atoms with Crippen molar-refractivity contribution in [1.29, 1.82) is 5.39 Å². The van der Waals surface area contributed by atoms with E-state index in [4.69, 9.17) is 17.0 Å². The average Bonchev–Trinajstić information content (AvgIpc) is 2.21. The lowest BCUT2D eigenvalue weighted by atomic mass is 10.1. The zero-order valence-electron chi connectivity index (χ0n) is 7.48. The van der Waals surface area contributed by atoms with E-state index < -0.39 is 12.0 Å². The summed E-state index contributed by atoms with van der Waals surface area (Å²) < 4.78 is 4.46. The topological polar surface area (TPSA) is 54.5 Å². The molecular weight excluding hydrogens is 204 g/mol. The van der Waals surface area contributed by atoms with E-state index >= 15 is 0 Å². The fourth-order valence-corrected chi connectivity index (χ4v) is 1.13. The number of ether oxygens (including phenoxy) is 1. The maximum Gasteiger partial charge on any atom is 0.433 e. The summed E-state index contributed by atoms with van der Waals surface area (Å²) in [5, 5.41) is 9.19. The number of hydrogen-bond donors (Lipinski definition) is 0. The number of carbonyl (C=O) groups is 1. The Hall–Kier alpha value is -1.60. The minimum atomic E-state index is -1.00. The van der Waals surface area contributed by atoms with Crippen LogP contribution in [0.5, 0.6) is 0 Å². The Balaban J connectivity index is 2.97. The Kier molecular flexibility index (Phi) is 3.43. The lowest BCUT2D eigenvalue weighted by Crippen LogP contribution is -2.10. The Morgan fingerprint density at radius 3 is 2.50 bits per heavy atom. The molecule has 0 aromatic heterocycles. The van der Waals surface area contributed by atoms with Gasteiger partial charge in [0.25, 0.3) is 0 Å². The minimum absolute atomic E-state index is 0.531. The molecule has 4 nitrogen and oxygen atoms in total. The molecule has 5 heteroatoms. The van der Waals surface area contributed by atoms with Gasteiger partial charge in [-0.3, -0.25) is 0 Å². The molecule has 0 heterocycles. The Labute approximate surface area is 86.1 Å². The quantitative estimate of drug-likeness (QED) is 0.558. The summed E-state index contributed by atoms with van der Waals surface area (Å²) >= 11 is 5.66. The van der Waals surface area contributed by atoms with Crippen molar-refractivity contribution in [3.05, 3.63) is 39.8 Å². The maximum absolute atomic E-state index is 11.1. The number of esters is 1. The molecule has 0 aliphatic heterocycles. The van der Waals surface area contributed by atoms with Gasteiger partial charge in [-0.05, 0) is 24.3 Å². The van der Waals surface area contributed by atoms with E-state index in [1.165, 1.54) is 7.11 Å². The maximum atomic E-state index is 11.1. The van der Waals surface area contributed by atoms with Crippen molar-refractivity contribution in [1.82, 2.24) is 0 Å². The van der Waals surface area contributed by atoms with Gasteiger partial charge in [0, 0.05) is 5.02 Å². The monoisotopic (exact) mass is 211 g/mol. The molecule has 1 rings (SSSR count). The molecular formula is C9H8ClN2O2+. The highest BCUT2D eigenvalue weighted by Crippen LogP contribution is 2.20. The van der Waals surface area contributed by atoms with Gasteiger partial charge < -0.3 is 4.74 Å². The van der Waals surface area contributed by atoms with Crippen LogP contribution in [0.2, 0.25) is 5.02 Å². The molecule has 0 amide bonds. The van der Waals surface area contributed by atoms with E-state index in [-0.39, 0.29) is 0 Å². The molecule has 0 aliphatic rings. The van der Waals surface area contributed by atoms with Crippen molar-refractivity contribution in [2.45, 2.75) is 6.04 Å². The smallest absolute Gasteiger partial charge is 0.433 e. The van der Waals surface area contributed by atoms with Crippen LogP contribution in [0.3, 0.4) is 0 Å². The Morgan fingerprint density at radius 1 is 1.50 bits per heavy atom. The van der Waals surface area contributed by atoms with Gasteiger partial charge >= 0.3 is 12.0 Å². The molecule has 0 spiro atoms. The molecule has 0 bridgehead atoms. The third-order valence-electron chi connectivity index (χ3n) is 1.73. The Morgan fingerprint density at radius 2 is 2.07 bits per heavy atom. The second-order valence-corrected chi connectivity index (χ2v) is 3.03. The minimum Gasteiger partial charge on any atom is -0.463 e. The number of rotatable bonds is 2. The second-order valence-electron chi connectivity index (χ2n) is 2.59. The molecule has 1 aromatic rings. The number of benzene rings is 1. The van der Waals surface area contributed by atoms with Gasteiger partial charge in [0.15, 0.2) is 0 Å². The van der Waals surface area contributed by atoms with Gasteiger partial charge in [-0.25, -0.2) is 4.79 Å². The van der Waals surface area contributed by atoms with Crippen LogP contribution in [0.1, 0.15) is 11.6 Å². The molecule has 14 heavy (non-hydrogen) atoms. The largest absolute Gasteiger partial charge is 0.463 e. The SMILES string of the molecule is COC(=O)C([N+]#N)c1ccc(Cl)cc1. The van der Waals surface area contributed by atoms with Crippen LogP contribution in [0, 0.1) is 5.39 Å². The molecule has 0 radical (unpaired) electrons. The summed E-state index contributed by atoms with van der Waals surface area (Å²) in [6.45, 7) is 0. The summed E-state index contributed by atoms with van der Waals surface area (Å²) in [6.07, 6.45) is 0. The predicted molar refractivity (Wildman–Crippen MR) is 51.3 cm³/mol. The van der Waals surface area contributed by atoms with Crippen molar-refractivity contribution < 1.29 is 9.53 Å². The third kappa shape index (κ3) is 2.21. The number of halogens is 1. The summed E-state index contributed by atoms with van der Waals surface area (Å²) in [4.78, 5) is 14.1. The second kappa shape index (κ2) is 4.58. The van der Waals surface area contributed by atoms with Gasteiger partial charge in [0.2, 0.25) is 5.39 Å².